The molecule has 0 aliphatic carbocycles. The average molecular weight is 78.0 g/mol. The highest BCUT2D eigenvalue weighted by Crippen LogP contribution is 1.73. The second-order valence-electron chi connectivity index (χ2n) is 0.635. The molecule has 0 rings (SSSR count). The van der Waals surface area contributed by atoms with E-state index in [1.165, 1.54) is 0 Å². The van der Waals surface area contributed by atoms with Crippen molar-refractivity contribution in [2.24, 2.45) is 0 Å². The fraction of sp³-hybridized carbons (Fsp3) is 1.00. The van der Waals surface area contributed by atoms with Crippen LogP contribution in [0.1, 0.15) is 0 Å². The zero-order valence-electron chi connectivity index (χ0n) is 2.34. The largest absolute Gasteiger partial charge is 0.356 e. The zero-order chi connectivity index (χ0) is 4.50. The Kier molecular flexibility index (Phi) is 0.879. The summed E-state index contributed by atoms with van der Waals surface area (Å²) < 4.78 is 0. The van der Waals surface area contributed by atoms with E-state index in [9.17, 15) is 0 Å². The molecule has 0 amide bonds. The molecule has 4 nitrogen and oxygen atoms in total. The number of rotatable bonds is 0. The van der Waals surface area contributed by atoms with Crippen molar-refractivity contribution in [1.29, 1.82) is 0 Å². The molecule has 0 saturated heterocycles. The van der Waals surface area contributed by atoms with Crippen molar-refractivity contribution in [3.05, 3.63) is 0 Å². The topological polar surface area (TPSA) is 84.5 Å². The number of hydrogen-bond donors (Lipinski definition) is 3. The maximum Gasteiger partial charge on any atom is 0.356 e. The summed E-state index contributed by atoms with van der Waals surface area (Å²) in [6, 6.07) is 0. The van der Waals surface area contributed by atoms with E-state index in [0.29, 0.717) is 0 Å². The summed E-state index contributed by atoms with van der Waals surface area (Å²) in [5.74, 6) is 0. The molecule has 1 radical (unpaired) electrons. The Balaban J connectivity index is 3.02. The van der Waals surface area contributed by atoms with Crippen molar-refractivity contribution < 1.29 is 15.3 Å². The standard InChI is InChI=1S/CH4NO3/c2-1(3,4)5/h2-5H. The smallest absolute Gasteiger partial charge is 0.329 e. The molecule has 0 bridgehead atoms. The van der Waals surface area contributed by atoms with Crippen molar-refractivity contribution >= 4 is 0 Å². The summed E-state index contributed by atoms with van der Waals surface area (Å²) in [6.07, 6.45) is -3.25. The van der Waals surface area contributed by atoms with Crippen LogP contribution in [0.3, 0.4) is 0 Å². The van der Waals surface area contributed by atoms with Crippen LogP contribution < -0.4 is 5.73 Å². The monoisotopic (exact) mass is 78.0 g/mol. The second-order valence-corrected chi connectivity index (χ2v) is 0.635. The first-order valence-corrected chi connectivity index (χ1v) is 0.921. The molecule has 0 aromatic carbocycles. The van der Waals surface area contributed by atoms with Gasteiger partial charge in [0.1, 0.15) is 0 Å². The molecule has 0 aliphatic heterocycles. The second kappa shape index (κ2) is 0.908. The van der Waals surface area contributed by atoms with E-state index in [1.54, 1.807) is 0 Å². The van der Waals surface area contributed by atoms with Gasteiger partial charge in [0.05, 0.1) is 0 Å². The molecule has 0 aromatic heterocycles. The van der Waals surface area contributed by atoms with Crippen LogP contribution in [0.2, 0.25) is 0 Å². The van der Waals surface area contributed by atoms with Crippen molar-refractivity contribution in [1.82, 2.24) is 5.73 Å². The summed E-state index contributed by atoms with van der Waals surface area (Å²) >= 11 is 0. The molecule has 5 heavy (non-hydrogen) atoms. The molecule has 0 fully saturated rings. The van der Waals surface area contributed by atoms with Crippen LogP contribution in [0, 0.1) is 0 Å². The van der Waals surface area contributed by atoms with Crippen LogP contribution in [-0.4, -0.2) is 21.4 Å². The lowest BCUT2D eigenvalue weighted by Gasteiger charge is -1.99. The van der Waals surface area contributed by atoms with Gasteiger partial charge in [-0.15, -0.1) is 0 Å². The molecule has 0 saturated carbocycles. The van der Waals surface area contributed by atoms with Gasteiger partial charge < -0.3 is 15.3 Å². The molecule has 0 aromatic rings. The van der Waals surface area contributed by atoms with E-state index in [0.717, 1.165) is 0 Å². The van der Waals surface area contributed by atoms with Gasteiger partial charge in [-0.2, -0.15) is 5.73 Å². The first-order chi connectivity index (χ1) is 2.00. The minimum atomic E-state index is -3.25. The lowest BCUT2D eigenvalue weighted by molar-refractivity contribution is -0.312. The molecule has 0 unspecified atom stereocenters. The minimum absolute atomic E-state index is 3.25. The third kappa shape index (κ3) is 508. The van der Waals surface area contributed by atoms with Crippen LogP contribution in [0.4, 0.5) is 0 Å². The molecule has 0 spiro atoms. The molecule has 0 aliphatic rings. The van der Waals surface area contributed by atoms with Crippen molar-refractivity contribution in [3.63, 3.8) is 0 Å². The fourth-order valence-corrected chi connectivity index (χ4v) is 0. The maximum atomic E-state index is 7.30. The highest BCUT2D eigenvalue weighted by atomic mass is 16.7. The molecular formula is CH4NO3. The summed E-state index contributed by atoms with van der Waals surface area (Å²) in [7, 11) is 0. The van der Waals surface area contributed by atoms with Gasteiger partial charge in [-0.3, -0.25) is 0 Å². The van der Waals surface area contributed by atoms with Gasteiger partial charge in [0.15, 0.2) is 0 Å². The Hall–Kier alpha value is -0.160. The van der Waals surface area contributed by atoms with Gasteiger partial charge in [-0.25, -0.2) is 0 Å². The van der Waals surface area contributed by atoms with Crippen LogP contribution in [0.5, 0.6) is 0 Å². The SMILES string of the molecule is [NH]C(O)(O)O. The van der Waals surface area contributed by atoms with Crippen LogP contribution in [0.25, 0.3) is 0 Å². The molecule has 0 heterocycles. The van der Waals surface area contributed by atoms with E-state index < -0.39 is 6.10 Å². The van der Waals surface area contributed by atoms with Crippen molar-refractivity contribution in [3.8, 4) is 0 Å². The molecule has 0 atom stereocenters. The quantitative estimate of drug-likeness (QED) is 0.289. The van der Waals surface area contributed by atoms with Crippen LogP contribution in [0.15, 0.2) is 0 Å². The van der Waals surface area contributed by atoms with E-state index in [-0.39, 0.29) is 0 Å². The summed E-state index contributed by atoms with van der Waals surface area (Å²) in [5, 5.41) is 21.9. The molecule has 4 heteroatoms. The van der Waals surface area contributed by atoms with E-state index in [1.807, 2.05) is 0 Å². The Labute approximate surface area is 28.5 Å². The first-order valence-electron chi connectivity index (χ1n) is 0.921. The normalized spacial score (nSPS) is 12.0. The molecule has 4 N–H and O–H groups in total. The van der Waals surface area contributed by atoms with Gasteiger partial charge in [0, 0.05) is 0 Å². The number of hydrogen-bond acceptors (Lipinski definition) is 3. The predicted octanol–water partition coefficient (Wildman–Crippen LogP) is -2.14. The fourth-order valence-electron chi connectivity index (χ4n) is 0. The summed E-state index contributed by atoms with van der Waals surface area (Å²) in [5.41, 5.74) is 5.60. The van der Waals surface area contributed by atoms with E-state index in [2.05, 4.69) is 0 Å². The van der Waals surface area contributed by atoms with Gasteiger partial charge in [-0.05, 0) is 0 Å². The summed E-state index contributed by atoms with van der Waals surface area (Å²) in [4.78, 5) is 0. The van der Waals surface area contributed by atoms with E-state index in [4.69, 9.17) is 21.1 Å². The number of nitrogens with one attached hydrogen (secondary N) is 1. The predicted molar refractivity (Wildman–Crippen MR) is 12.5 cm³/mol. The third-order valence-corrected chi connectivity index (χ3v) is 0. The molecular weight excluding hydrogens is 74.0 g/mol. The van der Waals surface area contributed by atoms with Crippen LogP contribution in [-0.2, 0) is 0 Å². The Bertz CT molecular complexity index is 22.4. The van der Waals surface area contributed by atoms with Gasteiger partial charge >= 0.3 is 6.10 Å². The highest BCUT2D eigenvalue weighted by Gasteiger charge is 2.06. The molecule has 31 valence electrons. The lowest BCUT2D eigenvalue weighted by atomic mass is 11.1. The Morgan fingerprint density at radius 3 is 1.20 bits per heavy atom. The van der Waals surface area contributed by atoms with Crippen molar-refractivity contribution in [2.45, 2.75) is 6.10 Å². The first kappa shape index (κ1) is 4.84. The number of aliphatic hydroxyl groups is 3. The summed E-state index contributed by atoms with van der Waals surface area (Å²) in [6.45, 7) is 0. The lowest BCUT2D eigenvalue weighted by Crippen LogP contribution is -2.27. The van der Waals surface area contributed by atoms with Gasteiger partial charge in [0.2, 0.25) is 0 Å². The van der Waals surface area contributed by atoms with Crippen LogP contribution >= 0.6 is 0 Å². The van der Waals surface area contributed by atoms with Gasteiger partial charge in [-0.1, -0.05) is 0 Å². The van der Waals surface area contributed by atoms with Gasteiger partial charge in [0.25, 0.3) is 0 Å². The minimum Gasteiger partial charge on any atom is -0.329 e. The van der Waals surface area contributed by atoms with Crippen molar-refractivity contribution in [2.75, 3.05) is 0 Å². The zero-order valence-corrected chi connectivity index (χ0v) is 2.34. The Morgan fingerprint density at radius 1 is 1.20 bits per heavy atom. The Morgan fingerprint density at radius 2 is 1.20 bits per heavy atom. The maximum absolute atomic E-state index is 7.30. The highest BCUT2D eigenvalue weighted by molar-refractivity contribution is 4.14. The average Bonchev–Trinajstić information content (AvgIpc) is 0.722. The van der Waals surface area contributed by atoms with E-state index >= 15 is 0 Å². The third-order valence-electron chi connectivity index (χ3n) is 0.